The van der Waals surface area contributed by atoms with Crippen LogP contribution in [-0.2, 0) is 17.9 Å². The highest BCUT2D eigenvalue weighted by atomic mass is 32.2. The molecule has 4 aromatic rings. The summed E-state index contributed by atoms with van der Waals surface area (Å²) in [4.78, 5) is 14.9. The third-order valence-corrected chi connectivity index (χ3v) is 5.61. The van der Waals surface area contributed by atoms with Gasteiger partial charge in [0, 0.05) is 6.54 Å². The maximum Gasteiger partial charge on any atom is 0.233 e. The van der Waals surface area contributed by atoms with E-state index < -0.39 is 0 Å². The maximum absolute atomic E-state index is 13.1. The van der Waals surface area contributed by atoms with Crippen LogP contribution in [0, 0.1) is 0 Å². The van der Waals surface area contributed by atoms with Crippen LogP contribution >= 0.6 is 11.8 Å². The molecule has 0 saturated heterocycles. The van der Waals surface area contributed by atoms with Gasteiger partial charge < -0.3 is 14.1 Å². The van der Waals surface area contributed by atoms with Crippen LogP contribution in [0.1, 0.15) is 11.3 Å². The van der Waals surface area contributed by atoms with Crippen LogP contribution in [0.4, 0.5) is 0 Å². The summed E-state index contributed by atoms with van der Waals surface area (Å²) in [6.45, 7) is 0.903. The number of hydrogen-bond acceptors (Lipinski definition) is 6. The van der Waals surface area contributed by atoms with Gasteiger partial charge in [0.2, 0.25) is 5.91 Å². The molecule has 2 aromatic carbocycles. The molecule has 158 valence electrons. The Kier molecular flexibility index (Phi) is 6.68. The van der Waals surface area contributed by atoms with Gasteiger partial charge in [-0.05, 0) is 29.8 Å². The van der Waals surface area contributed by atoms with Crippen molar-refractivity contribution < 1.29 is 13.9 Å². The number of thioether (sulfide) groups is 1. The molecule has 31 heavy (non-hydrogen) atoms. The van der Waals surface area contributed by atoms with E-state index in [2.05, 4.69) is 10.2 Å². The Balaban J connectivity index is 1.49. The molecular formula is C23H22N4O3S. The number of para-hydroxylation sites is 2. The van der Waals surface area contributed by atoms with Crippen LogP contribution in [0.2, 0.25) is 0 Å². The number of furan rings is 1. The Labute approximate surface area is 184 Å². The quantitative estimate of drug-likeness (QED) is 0.368. The van der Waals surface area contributed by atoms with E-state index in [4.69, 9.17) is 9.15 Å². The second-order valence-electron chi connectivity index (χ2n) is 6.76. The largest absolute Gasteiger partial charge is 0.495 e. The molecule has 2 aromatic heterocycles. The molecule has 0 N–H and O–H groups in total. The molecule has 0 aliphatic rings. The van der Waals surface area contributed by atoms with Crippen molar-refractivity contribution in [1.29, 1.82) is 0 Å². The number of carbonyl (C=O) groups excluding carboxylic acids is 1. The molecule has 0 bridgehead atoms. The standard InChI is InChI=1S/C23H22N4O3S/c1-29-21-12-6-5-11-20(21)27-17-24-25-23(27)31-16-22(28)26(15-19-10-7-13-30-19)14-18-8-3-2-4-9-18/h2-13,17H,14-16H2,1H3. The highest BCUT2D eigenvalue weighted by molar-refractivity contribution is 7.99. The summed E-state index contributed by atoms with van der Waals surface area (Å²) < 4.78 is 12.7. The highest BCUT2D eigenvalue weighted by Crippen LogP contribution is 2.27. The van der Waals surface area contributed by atoms with Crippen molar-refractivity contribution in [2.45, 2.75) is 18.2 Å². The fourth-order valence-electron chi connectivity index (χ4n) is 3.16. The van der Waals surface area contributed by atoms with Crippen molar-refractivity contribution >= 4 is 17.7 Å². The smallest absolute Gasteiger partial charge is 0.233 e. The van der Waals surface area contributed by atoms with Crippen LogP contribution in [0.15, 0.2) is 88.9 Å². The van der Waals surface area contributed by atoms with E-state index in [1.54, 1.807) is 24.6 Å². The Morgan fingerprint density at radius 3 is 2.65 bits per heavy atom. The molecule has 8 heteroatoms. The molecule has 0 atom stereocenters. The summed E-state index contributed by atoms with van der Waals surface area (Å²) in [7, 11) is 1.62. The number of hydrogen-bond donors (Lipinski definition) is 0. The van der Waals surface area contributed by atoms with Crippen molar-refractivity contribution in [2.24, 2.45) is 0 Å². The Morgan fingerprint density at radius 1 is 1.06 bits per heavy atom. The number of rotatable bonds is 9. The van der Waals surface area contributed by atoms with Gasteiger partial charge in [-0.3, -0.25) is 9.36 Å². The van der Waals surface area contributed by atoms with Gasteiger partial charge in [0.25, 0.3) is 0 Å². The van der Waals surface area contributed by atoms with Crippen LogP contribution < -0.4 is 4.74 Å². The molecule has 0 radical (unpaired) electrons. The minimum atomic E-state index is -0.0140. The molecule has 7 nitrogen and oxygen atoms in total. The van der Waals surface area contributed by atoms with Crippen molar-refractivity contribution in [1.82, 2.24) is 19.7 Å². The topological polar surface area (TPSA) is 73.4 Å². The van der Waals surface area contributed by atoms with E-state index in [0.717, 1.165) is 17.0 Å². The van der Waals surface area contributed by atoms with Crippen LogP contribution in [0.3, 0.4) is 0 Å². The lowest BCUT2D eigenvalue weighted by Crippen LogP contribution is -2.31. The lowest BCUT2D eigenvalue weighted by molar-refractivity contribution is -0.129. The lowest BCUT2D eigenvalue weighted by atomic mass is 10.2. The number of carbonyl (C=O) groups is 1. The van der Waals surface area contributed by atoms with Crippen LogP contribution in [-0.4, -0.2) is 38.4 Å². The molecule has 0 unspecified atom stereocenters. The van der Waals surface area contributed by atoms with Gasteiger partial charge >= 0.3 is 0 Å². The first-order valence-electron chi connectivity index (χ1n) is 9.75. The summed E-state index contributed by atoms with van der Waals surface area (Å²) in [5.41, 5.74) is 1.88. The van der Waals surface area contributed by atoms with Gasteiger partial charge in [-0.1, -0.05) is 54.2 Å². The molecule has 0 aliphatic heterocycles. The number of aromatic nitrogens is 3. The zero-order chi connectivity index (χ0) is 21.5. The average Bonchev–Trinajstić information content (AvgIpc) is 3.49. The third kappa shape index (κ3) is 5.16. The second kappa shape index (κ2) is 9.99. The Hall–Kier alpha value is -3.52. The second-order valence-corrected chi connectivity index (χ2v) is 7.70. The van der Waals surface area contributed by atoms with Gasteiger partial charge in [-0.15, -0.1) is 10.2 Å². The van der Waals surface area contributed by atoms with Crippen molar-refractivity contribution in [3.05, 3.63) is 90.6 Å². The lowest BCUT2D eigenvalue weighted by Gasteiger charge is -2.22. The molecule has 2 heterocycles. The minimum absolute atomic E-state index is 0.0140. The summed E-state index contributed by atoms with van der Waals surface area (Å²) in [5, 5.41) is 8.83. The summed E-state index contributed by atoms with van der Waals surface area (Å²) in [6, 6.07) is 21.2. The summed E-state index contributed by atoms with van der Waals surface area (Å²) >= 11 is 1.34. The van der Waals surface area contributed by atoms with Gasteiger partial charge in [-0.25, -0.2) is 0 Å². The predicted octanol–water partition coefficient (Wildman–Crippen LogP) is 4.19. The number of benzene rings is 2. The van der Waals surface area contributed by atoms with E-state index >= 15 is 0 Å². The molecule has 0 fully saturated rings. The minimum Gasteiger partial charge on any atom is -0.495 e. The Morgan fingerprint density at radius 2 is 1.87 bits per heavy atom. The monoisotopic (exact) mass is 434 g/mol. The zero-order valence-electron chi connectivity index (χ0n) is 17.0. The fraction of sp³-hybridized carbons (Fsp3) is 0.174. The Bertz CT molecular complexity index is 1110. The molecule has 0 spiro atoms. The van der Waals surface area contributed by atoms with Crippen molar-refractivity contribution in [3.63, 3.8) is 0 Å². The molecule has 0 aliphatic carbocycles. The van der Waals surface area contributed by atoms with Gasteiger partial charge in [0.15, 0.2) is 5.16 Å². The van der Waals surface area contributed by atoms with Gasteiger partial charge in [0.1, 0.15) is 17.8 Å². The highest BCUT2D eigenvalue weighted by Gasteiger charge is 2.19. The maximum atomic E-state index is 13.1. The molecular weight excluding hydrogens is 412 g/mol. The van der Waals surface area contributed by atoms with E-state index in [1.165, 1.54) is 11.8 Å². The van der Waals surface area contributed by atoms with Gasteiger partial charge in [-0.2, -0.15) is 0 Å². The first-order chi connectivity index (χ1) is 15.2. The predicted molar refractivity (Wildman–Crippen MR) is 118 cm³/mol. The van der Waals surface area contributed by atoms with E-state index in [-0.39, 0.29) is 11.7 Å². The fourth-order valence-corrected chi connectivity index (χ4v) is 3.99. The number of ether oxygens (including phenoxy) is 1. The molecule has 0 saturated carbocycles. The third-order valence-electron chi connectivity index (χ3n) is 4.68. The molecule has 4 rings (SSSR count). The summed E-state index contributed by atoms with van der Waals surface area (Å²) in [6.07, 6.45) is 3.24. The van der Waals surface area contributed by atoms with Gasteiger partial charge in [0.05, 0.1) is 31.4 Å². The van der Waals surface area contributed by atoms with E-state index in [1.807, 2.05) is 71.3 Å². The van der Waals surface area contributed by atoms with Crippen LogP contribution in [0.5, 0.6) is 5.75 Å². The normalized spacial score (nSPS) is 10.7. The van der Waals surface area contributed by atoms with E-state index in [0.29, 0.717) is 24.0 Å². The average molecular weight is 435 g/mol. The van der Waals surface area contributed by atoms with Crippen LogP contribution in [0.25, 0.3) is 5.69 Å². The number of nitrogens with zero attached hydrogens (tertiary/aromatic N) is 4. The summed E-state index contributed by atoms with van der Waals surface area (Å²) in [5.74, 6) is 1.66. The number of amides is 1. The first kappa shape index (κ1) is 20.7. The van der Waals surface area contributed by atoms with E-state index in [9.17, 15) is 4.79 Å². The van der Waals surface area contributed by atoms with Crippen molar-refractivity contribution in [3.8, 4) is 11.4 Å². The SMILES string of the molecule is COc1ccccc1-n1cnnc1SCC(=O)N(Cc1ccccc1)Cc1ccco1. The zero-order valence-corrected chi connectivity index (χ0v) is 17.9. The first-order valence-corrected chi connectivity index (χ1v) is 10.7. The number of methoxy groups -OCH3 is 1. The molecule has 1 amide bonds. The van der Waals surface area contributed by atoms with Crippen molar-refractivity contribution in [2.75, 3.05) is 12.9 Å².